The van der Waals surface area contributed by atoms with Gasteiger partial charge in [-0.05, 0) is 57.7 Å². The summed E-state index contributed by atoms with van der Waals surface area (Å²) in [5, 5.41) is 2.93. The highest BCUT2D eigenvalue weighted by molar-refractivity contribution is 14.1. The minimum atomic E-state index is -0.170. The molecule has 0 heterocycles. The van der Waals surface area contributed by atoms with E-state index < -0.39 is 0 Å². The second kappa shape index (κ2) is 4.53. The third kappa shape index (κ3) is 2.17. The van der Waals surface area contributed by atoms with Gasteiger partial charge in [-0.25, -0.2) is 4.39 Å². The van der Waals surface area contributed by atoms with Crippen LogP contribution in [0, 0.1) is 9.39 Å². The Labute approximate surface area is 93.0 Å². The van der Waals surface area contributed by atoms with E-state index in [-0.39, 0.29) is 5.82 Å². The highest BCUT2D eigenvalue weighted by atomic mass is 127. The lowest BCUT2D eigenvalue weighted by atomic mass is 10.2. The van der Waals surface area contributed by atoms with Crippen molar-refractivity contribution in [3.63, 3.8) is 0 Å². The molecule has 0 unspecified atom stereocenters. The molecule has 12 heavy (non-hydrogen) atoms. The van der Waals surface area contributed by atoms with E-state index in [0.29, 0.717) is 16.6 Å². The summed E-state index contributed by atoms with van der Waals surface area (Å²) in [5.74, 6) is -0.170. The molecule has 0 saturated heterocycles. The van der Waals surface area contributed by atoms with Crippen LogP contribution in [0.5, 0.6) is 0 Å². The van der Waals surface area contributed by atoms with Gasteiger partial charge in [0.2, 0.25) is 0 Å². The molecule has 0 aliphatic rings. The second-order valence-electron chi connectivity index (χ2n) is 2.35. The Morgan fingerprint density at radius 2 is 2.25 bits per heavy atom. The topological polar surface area (TPSA) is 12.0 Å². The monoisotopic (exact) mass is 343 g/mol. The Bertz CT molecular complexity index is 291. The summed E-state index contributed by atoms with van der Waals surface area (Å²) in [6.07, 6.45) is 0. The summed E-state index contributed by atoms with van der Waals surface area (Å²) in [5.41, 5.74) is 0.715. The lowest BCUT2D eigenvalue weighted by molar-refractivity contribution is 0.592. The van der Waals surface area contributed by atoms with Crippen LogP contribution in [0.3, 0.4) is 0 Å². The predicted molar refractivity (Wildman–Crippen MR) is 59.6 cm³/mol. The minimum absolute atomic E-state index is 0.170. The summed E-state index contributed by atoms with van der Waals surface area (Å²) in [4.78, 5) is 0. The molecule has 0 aliphatic heterocycles. The van der Waals surface area contributed by atoms with Crippen LogP contribution in [0.15, 0.2) is 16.6 Å². The highest BCUT2D eigenvalue weighted by Gasteiger charge is 2.08. The molecule has 0 aliphatic carbocycles. The van der Waals surface area contributed by atoms with Crippen molar-refractivity contribution in [2.24, 2.45) is 0 Å². The van der Waals surface area contributed by atoms with Gasteiger partial charge in [-0.15, -0.1) is 0 Å². The average Bonchev–Trinajstić information content (AvgIpc) is 2.06. The molecule has 1 nitrogen and oxygen atoms in total. The third-order valence-electron chi connectivity index (χ3n) is 1.49. The van der Waals surface area contributed by atoms with Crippen molar-refractivity contribution in [2.45, 2.75) is 6.54 Å². The van der Waals surface area contributed by atoms with Gasteiger partial charge < -0.3 is 5.32 Å². The van der Waals surface area contributed by atoms with Gasteiger partial charge >= 0.3 is 0 Å². The zero-order chi connectivity index (χ0) is 9.14. The maximum Gasteiger partial charge on any atom is 0.142 e. The van der Waals surface area contributed by atoms with Crippen molar-refractivity contribution in [2.75, 3.05) is 7.05 Å². The van der Waals surface area contributed by atoms with Gasteiger partial charge in [0.1, 0.15) is 5.82 Å². The summed E-state index contributed by atoms with van der Waals surface area (Å²) in [6.45, 7) is 0.559. The number of rotatable bonds is 2. The zero-order valence-corrected chi connectivity index (χ0v) is 10.2. The Balaban J connectivity index is 3.14. The molecule has 1 aromatic carbocycles. The van der Waals surface area contributed by atoms with E-state index in [1.54, 1.807) is 13.1 Å². The fourth-order valence-corrected chi connectivity index (χ4v) is 1.89. The van der Waals surface area contributed by atoms with Gasteiger partial charge in [0.05, 0.1) is 4.47 Å². The molecular formula is C8H8BrFIN. The normalized spacial score (nSPS) is 10.3. The lowest BCUT2D eigenvalue weighted by Crippen LogP contribution is -2.09. The molecule has 0 spiro atoms. The SMILES string of the molecule is CNCc1c(I)ccc(Br)c1F. The van der Waals surface area contributed by atoms with Gasteiger partial charge in [0, 0.05) is 15.7 Å². The Morgan fingerprint density at radius 3 is 2.83 bits per heavy atom. The molecule has 0 aromatic heterocycles. The van der Waals surface area contributed by atoms with Crippen LogP contribution in [0.4, 0.5) is 4.39 Å². The molecule has 66 valence electrons. The van der Waals surface area contributed by atoms with Crippen molar-refractivity contribution in [1.29, 1.82) is 0 Å². The molecule has 4 heteroatoms. The van der Waals surface area contributed by atoms with Crippen LogP contribution in [-0.4, -0.2) is 7.05 Å². The minimum Gasteiger partial charge on any atom is -0.316 e. The highest BCUT2D eigenvalue weighted by Crippen LogP contribution is 2.23. The maximum atomic E-state index is 13.4. The van der Waals surface area contributed by atoms with Crippen LogP contribution in [0.2, 0.25) is 0 Å². The molecule has 0 radical (unpaired) electrons. The first-order chi connectivity index (χ1) is 5.66. The largest absolute Gasteiger partial charge is 0.316 e. The van der Waals surface area contributed by atoms with E-state index in [9.17, 15) is 4.39 Å². The van der Waals surface area contributed by atoms with E-state index in [2.05, 4.69) is 43.8 Å². The maximum absolute atomic E-state index is 13.4. The Morgan fingerprint density at radius 1 is 1.58 bits per heavy atom. The van der Waals surface area contributed by atoms with Crippen LogP contribution >= 0.6 is 38.5 Å². The fourth-order valence-electron chi connectivity index (χ4n) is 0.908. The summed E-state index contributed by atoms with van der Waals surface area (Å²) in [6, 6.07) is 3.61. The molecule has 0 bridgehead atoms. The fraction of sp³-hybridized carbons (Fsp3) is 0.250. The summed E-state index contributed by atoms with van der Waals surface area (Å²) in [7, 11) is 1.80. The van der Waals surface area contributed by atoms with Gasteiger partial charge in [0.25, 0.3) is 0 Å². The van der Waals surface area contributed by atoms with Crippen molar-refractivity contribution in [1.82, 2.24) is 5.32 Å². The second-order valence-corrected chi connectivity index (χ2v) is 4.37. The molecular weight excluding hydrogens is 336 g/mol. The van der Waals surface area contributed by atoms with Crippen LogP contribution in [-0.2, 0) is 6.54 Å². The van der Waals surface area contributed by atoms with Crippen LogP contribution in [0.1, 0.15) is 5.56 Å². The molecule has 0 atom stereocenters. The van der Waals surface area contributed by atoms with Crippen molar-refractivity contribution in [3.05, 3.63) is 31.6 Å². The quantitative estimate of drug-likeness (QED) is 0.643. The van der Waals surface area contributed by atoms with Crippen LogP contribution < -0.4 is 5.32 Å². The average molecular weight is 344 g/mol. The summed E-state index contributed by atoms with van der Waals surface area (Å²) < 4.78 is 14.8. The van der Waals surface area contributed by atoms with Crippen molar-refractivity contribution >= 4 is 38.5 Å². The number of halogens is 3. The van der Waals surface area contributed by atoms with E-state index in [0.717, 1.165) is 3.57 Å². The van der Waals surface area contributed by atoms with Gasteiger partial charge in [-0.1, -0.05) is 0 Å². The van der Waals surface area contributed by atoms with Crippen molar-refractivity contribution < 1.29 is 4.39 Å². The van der Waals surface area contributed by atoms with E-state index >= 15 is 0 Å². The number of nitrogens with one attached hydrogen (secondary N) is 1. The standard InChI is InChI=1S/C8H8BrFIN/c1-12-4-5-7(11)3-2-6(9)8(5)10/h2-3,12H,4H2,1H3. The first-order valence-corrected chi connectivity index (χ1v) is 5.31. The van der Waals surface area contributed by atoms with Gasteiger partial charge in [-0.2, -0.15) is 0 Å². The van der Waals surface area contributed by atoms with E-state index in [1.165, 1.54) is 0 Å². The predicted octanol–water partition coefficient (Wildman–Crippen LogP) is 2.91. The Hall–Kier alpha value is 0.320. The van der Waals surface area contributed by atoms with Gasteiger partial charge in [-0.3, -0.25) is 0 Å². The number of hydrogen-bond donors (Lipinski definition) is 1. The molecule has 1 N–H and O–H groups in total. The number of benzene rings is 1. The first-order valence-electron chi connectivity index (χ1n) is 3.43. The molecule has 1 aromatic rings. The Kier molecular flexibility index (Phi) is 3.92. The molecule has 1 rings (SSSR count). The first kappa shape index (κ1) is 10.4. The smallest absolute Gasteiger partial charge is 0.142 e. The van der Waals surface area contributed by atoms with E-state index in [1.807, 2.05) is 6.07 Å². The van der Waals surface area contributed by atoms with Gasteiger partial charge in [0.15, 0.2) is 0 Å². The van der Waals surface area contributed by atoms with Crippen molar-refractivity contribution in [3.8, 4) is 0 Å². The molecule has 0 amide bonds. The third-order valence-corrected chi connectivity index (χ3v) is 3.12. The molecule has 0 fully saturated rings. The lowest BCUT2D eigenvalue weighted by Gasteiger charge is -2.06. The zero-order valence-electron chi connectivity index (χ0n) is 6.50. The van der Waals surface area contributed by atoms with E-state index in [4.69, 9.17) is 0 Å². The molecule has 0 saturated carbocycles. The number of hydrogen-bond acceptors (Lipinski definition) is 1. The summed E-state index contributed by atoms with van der Waals surface area (Å²) >= 11 is 5.27. The van der Waals surface area contributed by atoms with Crippen LogP contribution in [0.25, 0.3) is 0 Å².